The van der Waals surface area contributed by atoms with Crippen molar-refractivity contribution >= 4 is 23.4 Å². The number of amides is 2. The molecule has 1 aromatic carbocycles. The Kier molecular flexibility index (Phi) is 4.52. The second-order valence-corrected chi connectivity index (χ2v) is 5.06. The summed E-state index contributed by atoms with van der Waals surface area (Å²) in [6.45, 7) is 4.28. The van der Waals surface area contributed by atoms with E-state index in [0.29, 0.717) is 5.56 Å². The Labute approximate surface area is 121 Å². The molecule has 0 aromatic heterocycles. The zero-order chi connectivity index (χ0) is 16.4. The van der Waals surface area contributed by atoms with Gasteiger partial charge in [0.25, 0.3) is 5.69 Å². The van der Waals surface area contributed by atoms with Crippen LogP contribution in [-0.2, 0) is 4.79 Å². The Morgan fingerprint density at radius 1 is 1.38 bits per heavy atom. The molecule has 8 heteroatoms. The van der Waals surface area contributed by atoms with Crippen LogP contribution in [0.5, 0.6) is 0 Å². The number of anilines is 1. The fraction of sp³-hybridized carbons (Fsp3) is 0.385. The molecule has 0 unspecified atom stereocenters. The first-order valence-corrected chi connectivity index (χ1v) is 6.11. The van der Waals surface area contributed by atoms with E-state index in [0.717, 1.165) is 4.90 Å². The molecule has 8 nitrogen and oxygen atoms in total. The molecule has 0 aliphatic heterocycles. The number of hydrogen-bond donors (Lipinski definition) is 2. The van der Waals surface area contributed by atoms with Gasteiger partial charge < -0.3 is 15.3 Å². The van der Waals surface area contributed by atoms with Gasteiger partial charge in [0, 0.05) is 13.1 Å². The van der Waals surface area contributed by atoms with E-state index in [1.54, 1.807) is 0 Å². The molecular formula is C13H17N3O5. The monoisotopic (exact) mass is 295 g/mol. The largest absolute Gasteiger partial charge is 0.480 e. The van der Waals surface area contributed by atoms with Gasteiger partial charge in [-0.3, -0.25) is 10.1 Å². The van der Waals surface area contributed by atoms with E-state index in [1.165, 1.54) is 46.0 Å². The van der Waals surface area contributed by atoms with E-state index >= 15 is 0 Å². The second kappa shape index (κ2) is 5.78. The second-order valence-electron chi connectivity index (χ2n) is 5.06. The van der Waals surface area contributed by atoms with Crippen molar-refractivity contribution in [1.29, 1.82) is 0 Å². The van der Waals surface area contributed by atoms with E-state index in [1.807, 2.05) is 0 Å². The van der Waals surface area contributed by atoms with Crippen LogP contribution in [0.3, 0.4) is 0 Å². The van der Waals surface area contributed by atoms with Crippen molar-refractivity contribution in [3.63, 3.8) is 0 Å². The molecule has 0 aliphatic rings. The number of rotatable bonds is 4. The van der Waals surface area contributed by atoms with Gasteiger partial charge in [0.15, 0.2) is 0 Å². The molecule has 0 saturated carbocycles. The van der Waals surface area contributed by atoms with Crippen molar-refractivity contribution in [3.8, 4) is 0 Å². The lowest BCUT2D eigenvalue weighted by Crippen LogP contribution is -2.52. The Bertz CT molecular complexity index is 597. The SMILES string of the molecule is Cc1c(NC(=O)N(C)C(C)(C)C(=O)O)cccc1[N+](=O)[O-]. The summed E-state index contributed by atoms with van der Waals surface area (Å²) in [4.78, 5) is 34.5. The predicted molar refractivity (Wildman–Crippen MR) is 76.3 cm³/mol. The molecular weight excluding hydrogens is 278 g/mol. The molecule has 2 amide bonds. The highest BCUT2D eigenvalue weighted by atomic mass is 16.6. The Morgan fingerprint density at radius 3 is 2.43 bits per heavy atom. The fourth-order valence-corrected chi connectivity index (χ4v) is 1.55. The van der Waals surface area contributed by atoms with E-state index in [-0.39, 0.29) is 11.4 Å². The maximum Gasteiger partial charge on any atom is 0.329 e. The topological polar surface area (TPSA) is 113 Å². The Balaban J connectivity index is 3.02. The maximum atomic E-state index is 12.1. The summed E-state index contributed by atoms with van der Waals surface area (Å²) in [6, 6.07) is 3.63. The van der Waals surface area contributed by atoms with Crippen LogP contribution >= 0.6 is 0 Å². The predicted octanol–water partition coefficient (Wildman–Crippen LogP) is 2.23. The smallest absolute Gasteiger partial charge is 0.329 e. The molecule has 0 spiro atoms. The van der Waals surface area contributed by atoms with Crippen LogP contribution in [0.25, 0.3) is 0 Å². The van der Waals surface area contributed by atoms with Crippen molar-refractivity contribution in [1.82, 2.24) is 4.90 Å². The van der Waals surface area contributed by atoms with Crippen molar-refractivity contribution in [2.75, 3.05) is 12.4 Å². The molecule has 0 saturated heterocycles. The Hall–Kier alpha value is -2.64. The molecule has 1 aromatic rings. The van der Waals surface area contributed by atoms with Crippen LogP contribution in [0.2, 0.25) is 0 Å². The lowest BCUT2D eigenvalue weighted by atomic mass is 10.0. The highest BCUT2D eigenvalue weighted by Crippen LogP contribution is 2.25. The van der Waals surface area contributed by atoms with Crippen LogP contribution in [0, 0.1) is 17.0 Å². The maximum absolute atomic E-state index is 12.1. The molecule has 0 radical (unpaired) electrons. The first kappa shape index (κ1) is 16.4. The van der Waals surface area contributed by atoms with Crippen molar-refractivity contribution in [2.24, 2.45) is 0 Å². The van der Waals surface area contributed by atoms with E-state index in [4.69, 9.17) is 5.11 Å². The third kappa shape index (κ3) is 3.28. The average molecular weight is 295 g/mol. The summed E-state index contributed by atoms with van der Waals surface area (Å²) in [5, 5.41) is 22.4. The number of nitro benzene ring substituents is 1. The van der Waals surface area contributed by atoms with Crippen LogP contribution in [-0.4, -0.2) is 39.5 Å². The molecule has 114 valence electrons. The van der Waals surface area contributed by atoms with E-state index in [2.05, 4.69) is 5.32 Å². The number of aliphatic carboxylic acids is 1. The molecule has 1 rings (SSSR count). The number of nitrogens with one attached hydrogen (secondary N) is 1. The first-order chi connectivity index (χ1) is 9.59. The lowest BCUT2D eigenvalue weighted by Gasteiger charge is -2.31. The number of benzene rings is 1. The fourth-order valence-electron chi connectivity index (χ4n) is 1.55. The highest BCUT2D eigenvalue weighted by molar-refractivity contribution is 5.94. The quantitative estimate of drug-likeness (QED) is 0.653. The summed E-state index contributed by atoms with van der Waals surface area (Å²) in [5.41, 5.74) is -0.953. The number of carbonyl (C=O) groups is 2. The zero-order valence-corrected chi connectivity index (χ0v) is 12.2. The molecule has 0 heterocycles. The number of carboxylic acids is 1. The lowest BCUT2D eigenvalue weighted by molar-refractivity contribution is -0.385. The number of likely N-dealkylation sites (N-methyl/N-ethyl adjacent to an activating group) is 1. The third-order valence-corrected chi connectivity index (χ3v) is 3.41. The van der Waals surface area contributed by atoms with E-state index < -0.39 is 22.5 Å². The molecule has 0 fully saturated rings. The summed E-state index contributed by atoms with van der Waals surface area (Å²) >= 11 is 0. The van der Waals surface area contributed by atoms with Crippen molar-refractivity contribution in [3.05, 3.63) is 33.9 Å². The van der Waals surface area contributed by atoms with Gasteiger partial charge in [0.1, 0.15) is 5.54 Å². The Morgan fingerprint density at radius 2 is 1.95 bits per heavy atom. The van der Waals surface area contributed by atoms with Gasteiger partial charge in [-0.25, -0.2) is 9.59 Å². The van der Waals surface area contributed by atoms with Gasteiger partial charge in [-0.15, -0.1) is 0 Å². The zero-order valence-electron chi connectivity index (χ0n) is 12.2. The minimum Gasteiger partial charge on any atom is -0.480 e. The van der Waals surface area contributed by atoms with Gasteiger partial charge >= 0.3 is 12.0 Å². The average Bonchev–Trinajstić information content (AvgIpc) is 2.39. The van der Waals surface area contributed by atoms with E-state index in [9.17, 15) is 19.7 Å². The molecule has 0 aliphatic carbocycles. The van der Waals surface area contributed by atoms with Gasteiger partial charge in [-0.2, -0.15) is 0 Å². The normalized spacial score (nSPS) is 10.9. The number of nitro groups is 1. The number of nitrogens with zero attached hydrogens (tertiary/aromatic N) is 2. The summed E-state index contributed by atoms with van der Waals surface area (Å²) in [6.07, 6.45) is 0. The van der Waals surface area contributed by atoms with Gasteiger partial charge in [0.05, 0.1) is 16.2 Å². The summed E-state index contributed by atoms with van der Waals surface area (Å²) in [7, 11) is 1.34. The van der Waals surface area contributed by atoms with Crippen molar-refractivity contribution in [2.45, 2.75) is 26.3 Å². The highest BCUT2D eigenvalue weighted by Gasteiger charge is 2.35. The van der Waals surface area contributed by atoms with Gasteiger partial charge in [-0.05, 0) is 26.8 Å². The summed E-state index contributed by atoms with van der Waals surface area (Å²) < 4.78 is 0. The van der Waals surface area contributed by atoms with Crippen LogP contribution < -0.4 is 5.32 Å². The first-order valence-electron chi connectivity index (χ1n) is 6.11. The summed E-state index contributed by atoms with van der Waals surface area (Å²) in [5.74, 6) is -1.16. The third-order valence-electron chi connectivity index (χ3n) is 3.41. The van der Waals surface area contributed by atoms with Gasteiger partial charge in [-0.1, -0.05) is 6.07 Å². The number of carbonyl (C=O) groups excluding carboxylic acids is 1. The van der Waals surface area contributed by atoms with Crippen LogP contribution in [0.1, 0.15) is 19.4 Å². The standard InChI is InChI=1S/C13H17N3O5/c1-8-9(6-5-7-10(8)16(20)21)14-12(19)15(4)13(2,3)11(17)18/h5-7H,1-4H3,(H,14,19)(H,17,18). The molecule has 0 bridgehead atoms. The van der Waals surface area contributed by atoms with Crippen LogP contribution in [0.4, 0.5) is 16.2 Å². The number of carboxylic acid groups (broad SMARTS) is 1. The number of urea groups is 1. The van der Waals surface area contributed by atoms with Crippen LogP contribution in [0.15, 0.2) is 18.2 Å². The van der Waals surface area contributed by atoms with Gasteiger partial charge in [0.2, 0.25) is 0 Å². The number of hydrogen-bond acceptors (Lipinski definition) is 4. The molecule has 0 atom stereocenters. The molecule has 2 N–H and O–H groups in total. The van der Waals surface area contributed by atoms with Crippen molar-refractivity contribution < 1.29 is 19.6 Å². The molecule has 21 heavy (non-hydrogen) atoms. The minimum absolute atomic E-state index is 0.118. The minimum atomic E-state index is -1.40.